The largest absolute Gasteiger partial charge is 0.480 e. The standard InChI is InChI=1S/C33H54N2O5/c1-4-6-7-8-9-10-11-12-13-14-15-16-17-18-19-20-30(36)40-28-23-21-27(22-24-28)25-29(33(38)39)35-32(37)31(34)26(3)5-2/h10-11,21-24,26,29,31H,4-9,12-20,25,34H2,1-3H3,(H,35,37)(H,38,39)/b11-10-/t26-,29-,31-/m0/s1. The van der Waals surface area contributed by atoms with Crippen LogP contribution in [0.4, 0.5) is 0 Å². The molecule has 1 aromatic rings. The number of rotatable bonds is 23. The molecule has 0 spiro atoms. The monoisotopic (exact) mass is 558 g/mol. The number of hydrogen-bond acceptors (Lipinski definition) is 5. The van der Waals surface area contributed by atoms with Gasteiger partial charge < -0.3 is 20.9 Å². The van der Waals surface area contributed by atoms with Gasteiger partial charge in [-0.25, -0.2) is 4.79 Å². The highest BCUT2D eigenvalue weighted by Crippen LogP contribution is 2.16. The summed E-state index contributed by atoms with van der Waals surface area (Å²) in [5.74, 6) is -1.47. The first-order valence-electron chi connectivity index (χ1n) is 15.5. The van der Waals surface area contributed by atoms with E-state index in [4.69, 9.17) is 10.5 Å². The summed E-state index contributed by atoms with van der Waals surface area (Å²) in [6.45, 7) is 6.03. The molecule has 0 aliphatic carbocycles. The number of carbonyl (C=O) groups excluding carboxylic acids is 2. The Kier molecular flexibility index (Phi) is 19.5. The van der Waals surface area contributed by atoms with Crippen LogP contribution in [0.3, 0.4) is 0 Å². The van der Waals surface area contributed by atoms with Gasteiger partial charge in [0.05, 0.1) is 6.04 Å². The highest BCUT2D eigenvalue weighted by molar-refractivity contribution is 5.87. The molecule has 7 nitrogen and oxygen atoms in total. The average Bonchev–Trinajstić information content (AvgIpc) is 2.94. The number of hydrogen-bond donors (Lipinski definition) is 3. The molecule has 0 bridgehead atoms. The van der Waals surface area contributed by atoms with Gasteiger partial charge in [0, 0.05) is 12.8 Å². The summed E-state index contributed by atoms with van der Waals surface area (Å²) in [7, 11) is 0. The van der Waals surface area contributed by atoms with E-state index in [1.807, 2.05) is 13.8 Å². The van der Waals surface area contributed by atoms with Crippen LogP contribution in [0.5, 0.6) is 5.75 Å². The molecule has 226 valence electrons. The van der Waals surface area contributed by atoms with Gasteiger partial charge in [-0.05, 0) is 55.7 Å². The number of benzene rings is 1. The lowest BCUT2D eigenvalue weighted by Crippen LogP contribution is -2.51. The molecule has 0 fully saturated rings. The van der Waals surface area contributed by atoms with Crippen LogP contribution in [0.25, 0.3) is 0 Å². The summed E-state index contributed by atoms with van der Waals surface area (Å²) in [6, 6.07) is 4.89. The summed E-state index contributed by atoms with van der Waals surface area (Å²) < 4.78 is 5.43. The van der Waals surface area contributed by atoms with Crippen molar-refractivity contribution in [3.05, 3.63) is 42.0 Å². The second-order valence-corrected chi connectivity index (χ2v) is 11.0. The van der Waals surface area contributed by atoms with Crippen molar-refractivity contribution in [3.63, 3.8) is 0 Å². The Morgan fingerprint density at radius 2 is 1.43 bits per heavy atom. The predicted molar refractivity (Wildman–Crippen MR) is 162 cm³/mol. The van der Waals surface area contributed by atoms with Gasteiger partial charge in [0.25, 0.3) is 0 Å². The number of esters is 1. The Balaban J connectivity index is 2.21. The van der Waals surface area contributed by atoms with E-state index in [-0.39, 0.29) is 18.3 Å². The summed E-state index contributed by atoms with van der Waals surface area (Å²) in [5, 5.41) is 12.1. The second kappa shape index (κ2) is 22.1. The number of carbonyl (C=O) groups is 3. The number of ether oxygens (including phenoxy) is 1. The fourth-order valence-corrected chi connectivity index (χ4v) is 4.43. The van der Waals surface area contributed by atoms with E-state index in [0.29, 0.717) is 17.7 Å². The molecule has 0 heterocycles. The Bertz CT molecular complexity index is 868. The molecule has 7 heteroatoms. The Morgan fingerprint density at radius 3 is 1.98 bits per heavy atom. The van der Waals surface area contributed by atoms with Crippen molar-refractivity contribution < 1.29 is 24.2 Å². The number of aliphatic carboxylic acids is 1. The minimum Gasteiger partial charge on any atom is -0.480 e. The van der Waals surface area contributed by atoms with Crippen molar-refractivity contribution in [3.8, 4) is 5.75 Å². The first kappa shape index (κ1) is 35.4. The van der Waals surface area contributed by atoms with Gasteiger partial charge in [0.2, 0.25) is 5.91 Å². The summed E-state index contributed by atoms with van der Waals surface area (Å²) >= 11 is 0. The van der Waals surface area contributed by atoms with Crippen LogP contribution in [-0.2, 0) is 20.8 Å². The Labute approximate surface area is 242 Å². The number of carboxylic acids is 1. The molecule has 0 aliphatic rings. The van der Waals surface area contributed by atoms with E-state index in [1.165, 1.54) is 64.2 Å². The van der Waals surface area contributed by atoms with E-state index < -0.39 is 24.0 Å². The van der Waals surface area contributed by atoms with Crippen molar-refractivity contribution in [1.29, 1.82) is 0 Å². The smallest absolute Gasteiger partial charge is 0.326 e. The minimum atomic E-state index is -1.12. The molecular formula is C33H54N2O5. The fourth-order valence-electron chi connectivity index (χ4n) is 4.43. The lowest BCUT2D eigenvalue weighted by atomic mass is 9.98. The quantitative estimate of drug-likeness (QED) is 0.0570. The fraction of sp³-hybridized carbons (Fsp3) is 0.667. The number of unbranched alkanes of at least 4 members (excludes halogenated alkanes) is 11. The summed E-state index contributed by atoms with van der Waals surface area (Å²) in [4.78, 5) is 36.2. The second-order valence-electron chi connectivity index (χ2n) is 11.0. The highest BCUT2D eigenvalue weighted by atomic mass is 16.5. The SMILES string of the molecule is CCCCCC/C=C\CCCCCCCCCC(=O)Oc1ccc(C[C@H](NC(=O)[C@@H](N)[C@@H](C)CC)C(=O)O)cc1. The molecule has 0 unspecified atom stereocenters. The van der Waals surface area contributed by atoms with Gasteiger partial charge in [-0.15, -0.1) is 0 Å². The normalized spacial score (nSPS) is 13.6. The topological polar surface area (TPSA) is 119 Å². The van der Waals surface area contributed by atoms with Crippen molar-refractivity contribution in [1.82, 2.24) is 5.32 Å². The molecule has 1 rings (SSSR count). The lowest BCUT2D eigenvalue weighted by Gasteiger charge is -2.21. The molecule has 4 N–H and O–H groups in total. The van der Waals surface area contributed by atoms with E-state index in [2.05, 4.69) is 24.4 Å². The van der Waals surface area contributed by atoms with Crippen LogP contribution in [0.1, 0.15) is 123 Å². The van der Waals surface area contributed by atoms with Crippen molar-refractivity contribution >= 4 is 17.8 Å². The van der Waals surface area contributed by atoms with Gasteiger partial charge in [0.15, 0.2) is 0 Å². The number of amides is 1. The average molecular weight is 559 g/mol. The number of nitrogens with two attached hydrogens (primary N) is 1. The van der Waals surface area contributed by atoms with Crippen molar-refractivity contribution in [2.75, 3.05) is 0 Å². The molecule has 0 radical (unpaired) electrons. The molecular weight excluding hydrogens is 504 g/mol. The molecule has 0 aliphatic heterocycles. The van der Waals surface area contributed by atoms with Gasteiger partial charge in [-0.1, -0.05) is 103 Å². The van der Waals surface area contributed by atoms with E-state index >= 15 is 0 Å². The third-order valence-corrected chi connectivity index (χ3v) is 7.41. The van der Waals surface area contributed by atoms with Crippen LogP contribution in [0, 0.1) is 5.92 Å². The van der Waals surface area contributed by atoms with Gasteiger partial charge in [-0.2, -0.15) is 0 Å². The molecule has 0 saturated heterocycles. The molecule has 0 aromatic heterocycles. The molecule has 3 atom stereocenters. The first-order valence-corrected chi connectivity index (χ1v) is 15.5. The highest BCUT2D eigenvalue weighted by Gasteiger charge is 2.26. The van der Waals surface area contributed by atoms with Crippen LogP contribution in [0.15, 0.2) is 36.4 Å². The van der Waals surface area contributed by atoms with E-state index in [9.17, 15) is 19.5 Å². The maximum atomic E-state index is 12.3. The third kappa shape index (κ3) is 16.4. The number of carboxylic acid groups (broad SMARTS) is 1. The lowest BCUT2D eigenvalue weighted by molar-refractivity contribution is -0.142. The Morgan fingerprint density at radius 1 is 0.875 bits per heavy atom. The van der Waals surface area contributed by atoms with Gasteiger partial charge in [-0.3, -0.25) is 9.59 Å². The van der Waals surface area contributed by atoms with Crippen LogP contribution in [-0.4, -0.2) is 35.0 Å². The summed E-state index contributed by atoms with van der Waals surface area (Å²) in [6.07, 6.45) is 21.6. The maximum Gasteiger partial charge on any atom is 0.326 e. The predicted octanol–water partition coefficient (Wildman–Crippen LogP) is 7.11. The number of nitrogens with one attached hydrogen (secondary N) is 1. The summed E-state index contributed by atoms with van der Waals surface area (Å²) in [5.41, 5.74) is 6.64. The van der Waals surface area contributed by atoms with Crippen LogP contribution < -0.4 is 15.8 Å². The zero-order valence-electron chi connectivity index (χ0n) is 25.2. The van der Waals surface area contributed by atoms with Crippen molar-refractivity contribution in [2.24, 2.45) is 11.7 Å². The zero-order valence-corrected chi connectivity index (χ0v) is 25.2. The Hall–Kier alpha value is -2.67. The first-order chi connectivity index (χ1) is 19.3. The van der Waals surface area contributed by atoms with Crippen molar-refractivity contribution in [2.45, 2.75) is 136 Å². The molecule has 0 saturated carbocycles. The molecule has 40 heavy (non-hydrogen) atoms. The van der Waals surface area contributed by atoms with Crippen LogP contribution >= 0.6 is 0 Å². The maximum absolute atomic E-state index is 12.3. The van der Waals surface area contributed by atoms with Gasteiger partial charge >= 0.3 is 11.9 Å². The van der Waals surface area contributed by atoms with Gasteiger partial charge in [0.1, 0.15) is 11.8 Å². The number of allylic oxidation sites excluding steroid dienone is 2. The molecule has 1 amide bonds. The van der Waals surface area contributed by atoms with E-state index in [0.717, 1.165) is 25.7 Å². The minimum absolute atomic E-state index is 0.0457. The zero-order chi connectivity index (χ0) is 29.6. The third-order valence-electron chi connectivity index (χ3n) is 7.41. The molecule has 1 aromatic carbocycles. The van der Waals surface area contributed by atoms with E-state index in [1.54, 1.807) is 24.3 Å². The van der Waals surface area contributed by atoms with Crippen LogP contribution in [0.2, 0.25) is 0 Å².